The number of rotatable bonds is 4. The Labute approximate surface area is 113 Å². The molecule has 1 atom stereocenters. The zero-order valence-electron chi connectivity index (χ0n) is 11.4. The first kappa shape index (κ1) is 13.6. The summed E-state index contributed by atoms with van der Waals surface area (Å²) in [6, 6.07) is 10.1. The molecule has 19 heavy (non-hydrogen) atoms. The van der Waals surface area contributed by atoms with E-state index in [1.165, 1.54) is 5.56 Å². The molecule has 2 rings (SSSR count). The van der Waals surface area contributed by atoms with Crippen molar-refractivity contribution in [3.63, 3.8) is 0 Å². The van der Waals surface area contributed by atoms with Crippen molar-refractivity contribution in [3.8, 4) is 0 Å². The fraction of sp³-hybridized carbons (Fsp3) is 0.467. The summed E-state index contributed by atoms with van der Waals surface area (Å²) in [6.07, 6.45) is 0.781. The minimum absolute atomic E-state index is 0.0916. The topological polar surface area (TPSA) is 49.4 Å². The summed E-state index contributed by atoms with van der Waals surface area (Å²) < 4.78 is 0. The quantitative estimate of drug-likeness (QED) is 0.827. The van der Waals surface area contributed by atoms with Gasteiger partial charge in [-0.25, -0.2) is 0 Å². The Morgan fingerprint density at radius 2 is 1.95 bits per heavy atom. The van der Waals surface area contributed by atoms with Crippen LogP contribution in [0.2, 0.25) is 0 Å². The molecular weight excluding hydrogens is 240 g/mol. The van der Waals surface area contributed by atoms with Crippen LogP contribution < -0.4 is 5.32 Å². The molecule has 1 saturated heterocycles. The summed E-state index contributed by atoms with van der Waals surface area (Å²) in [5, 5.41) is 2.66. The van der Waals surface area contributed by atoms with Crippen LogP contribution in [0.25, 0.3) is 0 Å². The molecule has 102 valence electrons. The number of carbonyl (C=O) groups excluding carboxylic acids is 2. The molecule has 1 fully saturated rings. The fourth-order valence-corrected chi connectivity index (χ4v) is 2.42. The number of benzene rings is 1. The van der Waals surface area contributed by atoms with Crippen LogP contribution in [-0.2, 0) is 16.0 Å². The van der Waals surface area contributed by atoms with Crippen molar-refractivity contribution in [1.29, 1.82) is 0 Å². The number of hydrogen-bond acceptors (Lipinski definition) is 2. The first-order chi connectivity index (χ1) is 9.09. The van der Waals surface area contributed by atoms with E-state index in [4.69, 9.17) is 0 Å². The number of hydrogen-bond donors (Lipinski definition) is 1. The van der Waals surface area contributed by atoms with Crippen molar-refractivity contribution in [2.24, 2.45) is 5.92 Å². The Morgan fingerprint density at radius 1 is 1.26 bits per heavy atom. The molecule has 1 aliphatic rings. The van der Waals surface area contributed by atoms with Crippen LogP contribution >= 0.6 is 0 Å². The van der Waals surface area contributed by atoms with Crippen LogP contribution in [0.1, 0.15) is 19.4 Å². The molecule has 2 amide bonds. The van der Waals surface area contributed by atoms with Crippen LogP contribution in [-0.4, -0.2) is 35.8 Å². The highest BCUT2D eigenvalue weighted by Crippen LogP contribution is 2.15. The van der Waals surface area contributed by atoms with Crippen molar-refractivity contribution in [2.75, 3.05) is 13.1 Å². The van der Waals surface area contributed by atoms with E-state index in [-0.39, 0.29) is 6.04 Å². The van der Waals surface area contributed by atoms with Crippen LogP contribution in [0, 0.1) is 5.92 Å². The monoisotopic (exact) mass is 260 g/mol. The van der Waals surface area contributed by atoms with Gasteiger partial charge in [-0.15, -0.1) is 0 Å². The third-order valence-corrected chi connectivity index (χ3v) is 3.58. The van der Waals surface area contributed by atoms with Crippen molar-refractivity contribution in [2.45, 2.75) is 26.3 Å². The van der Waals surface area contributed by atoms with Gasteiger partial charge in [-0.05, 0) is 17.9 Å². The largest absolute Gasteiger partial charge is 0.346 e. The SMILES string of the molecule is CC(C)[C@H]1CNC(=O)C(=O)N1CCc1ccccc1. The highest BCUT2D eigenvalue weighted by molar-refractivity contribution is 6.35. The summed E-state index contributed by atoms with van der Waals surface area (Å²) in [5.41, 5.74) is 1.18. The predicted octanol–water partition coefficient (Wildman–Crippen LogP) is 1.21. The first-order valence-corrected chi connectivity index (χ1v) is 6.72. The van der Waals surface area contributed by atoms with E-state index < -0.39 is 11.8 Å². The van der Waals surface area contributed by atoms with E-state index in [0.29, 0.717) is 19.0 Å². The number of carbonyl (C=O) groups is 2. The minimum atomic E-state index is -0.482. The maximum atomic E-state index is 12.0. The van der Waals surface area contributed by atoms with Crippen LogP contribution in [0.5, 0.6) is 0 Å². The van der Waals surface area contributed by atoms with Crippen molar-refractivity contribution in [3.05, 3.63) is 35.9 Å². The van der Waals surface area contributed by atoms with E-state index in [2.05, 4.69) is 19.2 Å². The molecule has 0 radical (unpaired) electrons. The highest BCUT2D eigenvalue weighted by Gasteiger charge is 2.34. The van der Waals surface area contributed by atoms with Gasteiger partial charge < -0.3 is 10.2 Å². The van der Waals surface area contributed by atoms with Gasteiger partial charge in [-0.3, -0.25) is 9.59 Å². The number of amides is 2. The molecule has 1 N–H and O–H groups in total. The first-order valence-electron chi connectivity index (χ1n) is 6.72. The maximum Gasteiger partial charge on any atom is 0.312 e. The molecule has 0 spiro atoms. The van der Waals surface area contributed by atoms with E-state index in [1.54, 1.807) is 4.90 Å². The Hall–Kier alpha value is -1.84. The second kappa shape index (κ2) is 5.87. The molecule has 4 heteroatoms. The van der Waals surface area contributed by atoms with Crippen molar-refractivity contribution < 1.29 is 9.59 Å². The highest BCUT2D eigenvalue weighted by atomic mass is 16.2. The molecule has 1 aromatic carbocycles. The zero-order chi connectivity index (χ0) is 13.8. The van der Waals surface area contributed by atoms with Crippen LogP contribution in [0.4, 0.5) is 0 Å². The van der Waals surface area contributed by atoms with E-state index in [1.807, 2.05) is 30.3 Å². The molecule has 0 aromatic heterocycles. The molecule has 0 bridgehead atoms. The molecule has 0 saturated carbocycles. The standard InChI is InChI=1S/C15H20N2O2/c1-11(2)13-10-16-14(18)15(19)17(13)9-8-12-6-4-3-5-7-12/h3-7,11,13H,8-10H2,1-2H3,(H,16,18)/t13-/m1/s1. The summed E-state index contributed by atoms with van der Waals surface area (Å²) in [7, 11) is 0. The lowest BCUT2D eigenvalue weighted by atomic mass is 9.99. The van der Waals surface area contributed by atoms with E-state index >= 15 is 0 Å². The lowest BCUT2D eigenvalue weighted by Gasteiger charge is -2.37. The summed E-state index contributed by atoms with van der Waals surface area (Å²) in [4.78, 5) is 25.2. The van der Waals surface area contributed by atoms with E-state index in [9.17, 15) is 9.59 Å². The van der Waals surface area contributed by atoms with E-state index in [0.717, 1.165) is 6.42 Å². The fourth-order valence-electron chi connectivity index (χ4n) is 2.42. The average molecular weight is 260 g/mol. The lowest BCUT2D eigenvalue weighted by molar-refractivity contribution is -0.151. The zero-order valence-corrected chi connectivity index (χ0v) is 11.4. The third-order valence-electron chi connectivity index (χ3n) is 3.58. The summed E-state index contributed by atoms with van der Waals surface area (Å²) in [6.45, 7) is 5.30. The van der Waals surface area contributed by atoms with Gasteiger partial charge in [0.1, 0.15) is 0 Å². The number of piperazine rings is 1. The molecule has 1 heterocycles. The third kappa shape index (κ3) is 3.13. The average Bonchev–Trinajstić information content (AvgIpc) is 2.41. The maximum absolute atomic E-state index is 12.0. The van der Waals surface area contributed by atoms with Gasteiger partial charge in [-0.1, -0.05) is 44.2 Å². The van der Waals surface area contributed by atoms with Crippen molar-refractivity contribution >= 4 is 11.8 Å². The van der Waals surface area contributed by atoms with Gasteiger partial charge in [-0.2, -0.15) is 0 Å². The number of nitrogens with one attached hydrogen (secondary N) is 1. The molecule has 1 aromatic rings. The molecule has 4 nitrogen and oxygen atoms in total. The van der Waals surface area contributed by atoms with Gasteiger partial charge in [0, 0.05) is 13.1 Å². The Kier molecular flexibility index (Phi) is 4.20. The van der Waals surface area contributed by atoms with Crippen LogP contribution in [0.15, 0.2) is 30.3 Å². The molecule has 0 unspecified atom stereocenters. The Bertz CT molecular complexity index is 456. The molecule has 1 aliphatic heterocycles. The van der Waals surface area contributed by atoms with Gasteiger partial charge in [0.2, 0.25) is 0 Å². The Balaban J connectivity index is 2.05. The predicted molar refractivity (Wildman–Crippen MR) is 73.5 cm³/mol. The van der Waals surface area contributed by atoms with Crippen LogP contribution in [0.3, 0.4) is 0 Å². The number of nitrogens with zero attached hydrogens (tertiary/aromatic N) is 1. The molecule has 0 aliphatic carbocycles. The normalized spacial score (nSPS) is 19.7. The van der Waals surface area contributed by atoms with Gasteiger partial charge in [0.15, 0.2) is 0 Å². The van der Waals surface area contributed by atoms with Crippen molar-refractivity contribution in [1.82, 2.24) is 10.2 Å². The summed E-state index contributed by atoms with van der Waals surface area (Å²) >= 11 is 0. The second-order valence-electron chi connectivity index (χ2n) is 5.26. The van der Waals surface area contributed by atoms with Gasteiger partial charge in [0.05, 0.1) is 6.04 Å². The van der Waals surface area contributed by atoms with Gasteiger partial charge >= 0.3 is 11.8 Å². The lowest BCUT2D eigenvalue weighted by Crippen LogP contribution is -2.60. The second-order valence-corrected chi connectivity index (χ2v) is 5.26. The van der Waals surface area contributed by atoms with Gasteiger partial charge in [0.25, 0.3) is 0 Å². The Morgan fingerprint density at radius 3 is 2.58 bits per heavy atom. The smallest absolute Gasteiger partial charge is 0.312 e. The molecular formula is C15H20N2O2. The summed E-state index contributed by atoms with van der Waals surface area (Å²) in [5.74, 6) is -0.550. The minimum Gasteiger partial charge on any atom is -0.346 e.